The largest absolute Gasteiger partial charge is 0.457 e. The molecule has 0 spiro atoms. The zero-order valence-corrected chi connectivity index (χ0v) is 13.1. The van der Waals surface area contributed by atoms with Crippen LogP contribution in [0.4, 0.5) is 5.69 Å². The normalized spacial score (nSPS) is 10.2. The molecule has 3 aromatic rings. The molecule has 0 atom stereocenters. The number of para-hydroxylation sites is 1. The monoisotopic (exact) mass is 356 g/mol. The molecule has 0 saturated heterocycles. The van der Waals surface area contributed by atoms with Gasteiger partial charge in [0.05, 0.1) is 0 Å². The van der Waals surface area contributed by atoms with Crippen LogP contribution in [0.25, 0.3) is 0 Å². The van der Waals surface area contributed by atoms with Crippen LogP contribution >= 0.6 is 15.9 Å². The maximum absolute atomic E-state index is 12.0. The zero-order chi connectivity index (χ0) is 15.4. The summed E-state index contributed by atoms with van der Waals surface area (Å²) >= 11 is 3.30. The van der Waals surface area contributed by atoms with E-state index in [1.165, 1.54) is 0 Å². The summed E-state index contributed by atoms with van der Waals surface area (Å²) in [6, 6.07) is 18.5. The Bertz CT molecular complexity index is 767. The number of halogens is 1. The lowest BCUT2D eigenvalue weighted by molar-refractivity contribution is 0.102. The molecule has 1 aromatic heterocycles. The van der Waals surface area contributed by atoms with E-state index >= 15 is 0 Å². The fourth-order valence-electron chi connectivity index (χ4n) is 1.93. The molecule has 110 valence electrons. The lowest BCUT2D eigenvalue weighted by Gasteiger charge is -2.07. The van der Waals surface area contributed by atoms with Crippen LogP contribution in [0.15, 0.2) is 71.3 Å². The topological polar surface area (TPSA) is 54.1 Å². The van der Waals surface area contributed by atoms with Crippen LogP contribution in [0.1, 0.15) is 10.5 Å². The van der Waals surface area contributed by atoms with Gasteiger partial charge in [0.2, 0.25) is 0 Å². The van der Waals surface area contributed by atoms with Crippen LogP contribution < -0.4 is 10.1 Å². The number of hydrogen-bond acceptors (Lipinski definition) is 2. The van der Waals surface area contributed by atoms with Crippen LogP contribution in [0, 0.1) is 0 Å². The number of rotatable bonds is 4. The Balaban J connectivity index is 1.65. The molecule has 4 nitrogen and oxygen atoms in total. The van der Waals surface area contributed by atoms with Crippen molar-refractivity contribution in [3.63, 3.8) is 0 Å². The van der Waals surface area contributed by atoms with Gasteiger partial charge < -0.3 is 15.0 Å². The SMILES string of the molecule is O=C(Nc1ccc(Oc2ccccc2)cc1)c1cc(Br)c[nH]1. The van der Waals surface area contributed by atoms with E-state index < -0.39 is 0 Å². The first kappa shape index (κ1) is 14.4. The van der Waals surface area contributed by atoms with Crippen LogP contribution in [-0.2, 0) is 0 Å². The van der Waals surface area contributed by atoms with E-state index in [4.69, 9.17) is 4.74 Å². The summed E-state index contributed by atoms with van der Waals surface area (Å²) in [5.41, 5.74) is 1.20. The smallest absolute Gasteiger partial charge is 0.272 e. The standard InChI is InChI=1S/C17H13BrN2O2/c18-12-10-16(19-11-12)17(21)20-13-6-8-15(9-7-13)22-14-4-2-1-3-5-14/h1-11,19H,(H,20,21). The molecular formula is C17H13BrN2O2. The summed E-state index contributed by atoms with van der Waals surface area (Å²) in [6.45, 7) is 0. The highest BCUT2D eigenvalue weighted by Gasteiger charge is 2.08. The lowest BCUT2D eigenvalue weighted by atomic mass is 10.3. The van der Waals surface area contributed by atoms with Crippen molar-refractivity contribution >= 4 is 27.5 Å². The number of nitrogens with one attached hydrogen (secondary N) is 2. The number of aromatic nitrogens is 1. The van der Waals surface area contributed by atoms with Gasteiger partial charge in [0.15, 0.2) is 0 Å². The summed E-state index contributed by atoms with van der Waals surface area (Å²) in [5, 5.41) is 2.82. The number of benzene rings is 2. The van der Waals surface area contributed by atoms with Crippen molar-refractivity contribution in [2.24, 2.45) is 0 Å². The molecule has 1 heterocycles. The molecule has 0 aliphatic rings. The second-order valence-electron chi connectivity index (χ2n) is 4.63. The minimum absolute atomic E-state index is 0.192. The number of carbonyl (C=O) groups is 1. The van der Waals surface area contributed by atoms with Crippen molar-refractivity contribution in [2.75, 3.05) is 5.32 Å². The van der Waals surface area contributed by atoms with Gasteiger partial charge in [-0.05, 0) is 58.4 Å². The predicted molar refractivity (Wildman–Crippen MR) is 89.4 cm³/mol. The van der Waals surface area contributed by atoms with E-state index in [0.717, 1.165) is 10.2 Å². The van der Waals surface area contributed by atoms with Gasteiger partial charge in [-0.3, -0.25) is 4.79 Å². The Labute approximate surface area is 136 Å². The Morgan fingerprint density at radius 3 is 2.32 bits per heavy atom. The van der Waals surface area contributed by atoms with Gasteiger partial charge >= 0.3 is 0 Å². The second kappa shape index (κ2) is 6.49. The molecule has 0 radical (unpaired) electrons. The molecular weight excluding hydrogens is 344 g/mol. The maximum Gasteiger partial charge on any atom is 0.272 e. The van der Waals surface area contributed by atoms with Crippen molar-refractivity contribution in [1.29, 1.82) is 0 Å². The van der Waals surface area contributed by atoms with Crippen LogP contribution in [0.2, 0.25) is 0 Å². The minimum atomic E-state index is -0.192. The fourth-order valence-corrected chi connectivity index (χ4v) is 2.27. The van der Waals surface area contributed by atoms with Gasteiger partial charge in [-0.2, -0.15) is 0 Å². The summed E-state index contributed by atoms with van der Waals surface area (Å²) in [4.78, 5) is 14.9. The van der Waals surface area contributed by atoms with Gasteiger partial charge in [-0.1, -0.05) is 18.2 Å². The van der Waals surface area contributed by atoms with Gasteiger partial charge in [-0.15, -0.1) is 0 Å². The van der Waals surface area contributed by atoms with E-state index in [-0.39, 0.29) is 5.91 Å². The molecule has 22 heavy (non-hydrogen) atoms. The van der Waals surface area contributed by atoms with Crippen molar-refractivity contribution in [2.45, 2.75) is 0 Å². The number of ether oxygens (including phenoxy) is 1. The molecule has 3 rings (SSSR count). The molecule has 0 fully saturated rings. The molecule has 5 heteroatoms. The Morgan fingerprint density at radius 2 is 1.68 bits per heavy atom. The molecule has 0 aliphatic carbocycles. The molecule has 0 unspecified atom stereocenters. The maximum atomic E-state index is 12.0. The van der Waals surface area contributed by atoms with Gasteiger partial charge in [0, 0.05) is 16.4 Å². The first-order valence-electron chi connectivity index (χ1n) is 6.69. The third-order valence-corrected chi connectivity index (χ3v) is 3.44. The Kier molecular flexibility index (Phi) is 4.25. The van der Waals surface area contributed by atoms with E-state index in [9.17, 15) is 4.79 Å². The fraction of sp³-hybridized carbons (Fsp3) is 0. The van der Waals surface area contributed by atoms with Crippen molar-refractivity contribution in [3.05, 3.63) is 77.0 Å². The van der Waals surface area contributed by atoms with Crippen LogP contribution in [0.3, 0.4) is 0 Å². The lowest BCUT2D eigenvalue weighted by Crippen LogP contribution is -2.11. The van der Waals surface area contributed by atoms with E-state index in [0.29, 0.717) is 17.1 Å². The summed E-state index contributed by atoms with van der Waals surface area (Å²) in [5.74, 6) is 1.30. The quantitative estimate of drug-likeness (QED) is 0.703. The third-order valence-electron chi connectivity index (χ3n) is 2.98. The van der Waals surface area contributed by atoms with Gasteiger partial charge in [0.25, 0.3) is 5.91 Å². The van der Waals surface area contributed by atoms with E-state index in [1.807, 2.05) is 42.5 Å². The van der Waals surface area contributed by atoms with E-state index in [2.05, 4.69) is 26.2 Å². The average molecular weight is 357 g/mol. The third kappa shape index (κ3) is 3.56. The second-order valence-corrected chi connectivity index (χ2v) is 5.54. The number of H-pyrrole nitrogens is 1. The van der Waals surface area contributed by atoms with Crippen molar-refractivity contribution < 1.29 is 9.53 Å². The van der Waals surface area contributed by atoms with Gasteiger partial charge in [-0.25, -0.2) is 0 Å². The van der Waals surface area contributed by atoms with Gasteiger partial charge in [0.1, 0.15) is 17.2 Å². The average Bonchev–Trinajstić information content (AvgIpc) is 2.97. The van der Waals surface area contributed by atoms with E-state index in [1.54, 1.807) is 24.4 Å². The highest BCUT2D eigenvalue weighted by molar-refractivity contribution is 9.10. The first-order chi connectivity index (χ1) is 10.7. The first-order valence-corrected chi connectivity index (χ1v) is 7.48. The molecule has 0 saturated carbocycles. The Hall–Kier alpha value is -2.53. The summed E-state index contributed by atoms with van der Waals surface area (Å²) in [6.07, 6.45) is 1.71. The molecule has 1 amide bonds. The Morgan fingerprint density at radius 1 is 1.00 bits per heavy atom. The number of hydrogen-bond donors (Lipinski definition) is 2. The molecule has 2 aromatic carbocycles. The molecule has 0 bridgehead atoms. The highest BCUT2D eigenvalue weighted by atomic mass is 79.9. The predicted octanol–water partition coefficient (Wildman–Crippen LogP) is 4.82. The zero-order valence-electron chi connectivity index (χ0n) is 11.5. The molecule has 2 N–H and O–H groups in total. The summed E-state index contributed by atoms with van der Waals surface area (Å²) in [7, 11) is 0. The number of aromatic amines is 1. The molecule has 0 aliphatic heterocycles. The minimum Gasteiger partial charge on any atom is -0.457 e. The number of carbonyl (C=O) groups excluding carboxylic acids is 1. The van der Waals surface area contributed by atoms with Crippen molar-refractivity contribution in [3.8, 4) is 11.5 Å². The summed E-state index contributed by atoms with van der Waals surface area (Å²) < 4.78 is 6.54. The highest BCUT2D eigenvalue weighted by Crippen LogP contribution is 2.23. The van der Waals surface area contributed by atoms with Crippen LogP contribution in [-0.4, -0.2) is 10.9 Å². The number of anilines is 1. The van der Waals surface area contributed by atoms with Crippen molar-refractivity contribution in [1.82, 2.24) is 4.98 Å². The van der Waals surface area contributed by atoms with Crippen LogP contribution in [0.5, 0.6) is 11.5 Å². The number of amides is 1.